The third-order valence-corrected chi connectivity index (χ3v) is 3.62. The lowest BCUT2D eigenvalue weighted by atomic mass is 10.0. The third kappa shape index (κ3) is 5.86. The largest absolute Gasteiger partial charge is 0.349 e. The first-order valence-corrected chi connectivity index (χ1v) is 6.56. The molecular formula is C14H29O2. The van der Waals surface area contributed by atoms with Gasteiger partial charge in [-0.3, -0.25) is 0 Å². The second-order valence-electron chi connectivity index (χ2n) is 4.88. The van der Waals surface area contributed by atoms with Crippen LogP contribution in [0.3, 0.4) is 0 Å². The van der Waals surface area contributed by atoms with Crippen molar-refractivity contribution in [2.45, 2.75) is 72.9 Å². The maximum atomic E-state index is 5.73. The molecule has 0 aromatic rings. The first-order valence-electron chi connectivity index (χ1n) is 6.56. The van der Waals surface area contributed by atoms with Gasteiger partial charge in [-0.15, -0.1) is 0 Å². The predicted octanol–water partition coefficient (Wildman–Crippen LogP) is 4.05. The van der Waals surface area contributed by atoms with Gasteiger partial charge in [-0.25, -0.2) is 0 Å². The van der Waals surface area contributed by atoms with E-state index in [9.17, 15) is 0 Å². The van der Waals surface area contributed by atoms with Gasteiger partial charge >= 0.3 is 0 Å². The highest BCUT2D eigenvalue weighted by Gasteiger charge is 2.18. The van der Waals surface area contributed by atoms with E-state index in [1.54, 1.807) is 0 Å². The van der Waals surface area contributed by atoms with E-state index < -0.39 is 0 Å². The number of ether oxygens (including phenoxy) is 2. The van der Waals surface area contributed by atoms with Gasteiger partial charge in [-0.1, -0.05) is 40.5 Å². The molecule has 16 heavy (non-hydrogen) atoms. The second-order valence-corrected chi connectivity index (χ2v) is 4.88. The minimum atomic E-state index is -0.354. The minimum Gasteiger partial charge on any atom is -0.349 e. The van der Waals surface area contributed by atoms with Crippen LogP contribution in [-0.4, -0.2) is 18.5 Å². The molecule has 0 aliphatic rings. The van der Waals surface area contributed by atoms with Crippen LogP contribution in [0.25, 0.3) is 0 Å². The Labute approximate surface area is 102 Å². The van der Waals surface area contributed by atoms with Crippen LogP contribution in [0.5, 0.6) is 0 Å². The molecule has 0 bridgehead atoms. The molecule has 0 heterocycles. The molecule has 97 valence electrons. The topological polar surface area (TPSA) is 18.5 Å². The van der Waals surface area contributed by atoms with Crippen LogP contribution in [0.4, 0.5) is 0 Å². The highest BCUT2D eigenvalue weighted by molar-refractivity contribution is 4.64. The Kier molecular flexibility index (Phi) is 8.04. The monoisotopic (exact) mass is 229 g/mol. The Morgan fingerprint density at radius 2 is 1.12 bits per heavy atom. The summed E-state index contributed by atoms with van der Waals surface area (Å²) < 4.78 is 11.5. The van der Waals surface area contributed by atoms with E-state index in [0.717, 1.165) is 12.8 Å². The first kappa shape index (κ1) is 15.9. The van der Waals surface area contributed by atoms with Gasteiger partial charge in [-0.2, -0.15) is 0 Å². The van der Waals surface area contributed by atoms with Gasteiger partial charge in [-0.05, 0) is 25.7 Å². The number of hydrogen-bond donors (Lipinski definition) is 0. The molecule has 0 N–H and O–H groups in total. The SMILES string of the molecule is [CH2]C(OC(C)C(C)CC)OC(C)C(C)CC. The summed E-state index contributed by atoms with van der Waals surface area (Å²) >= 11 is 0. The maximum absolute atomic E-state index is 5.73. The average Bonchev–Trinajstić information content (AvgIpc) is 2.26. The Morgan fingerprint density at radius 1 is 0.812 bits per heavy atom. The van der Waals surface area contributed by atoms with Crippen molar-refractivity contribution < 1.29 is 9.47 Å². The fourth-order valence-electron chi connectivity index (χ4n) is 1.44. The lowest BCUT2D eigenvalue weighted by Gasteiger charge is -2.27. The molecule has 0 saturated carbocycles. The van der Waals surface area contributed by atoms with Crippen molar-refractivity contribution in [1.29, 1.82) is 0 Å². The van der Waals surface area contributed by atoms with Gasteiger partial charge in [0.05, 0.1) is 12.2 Å². The molecule has 0 amide bonds. The Balaban J connectivity index is 3.93. The van der Waals surface area contributed by atoms with E-state index in [-0.39, 0.29) is 18.5 Å². The highest BCUT2D eigenvalue weighted by atomic mass is 16.7. The van der Waals surface area contributed by atoms with Crippen molar-refractivity contribution in [1.82, 2.24) is 0 Å². The summed E-state index contributed by atoms with van der Waals surface area (Å²) in [5, 5.41) is 0. The fraction of sp³-hybridized carbons (Fsp3) is 0.929. The van der Waals surface area contributed by atoms with Crippen LogP contribution >= 0.6 is 0 Å². The summed E-state index contributed by atoms with van der Waals surface area (Å²) in [6, 6.07) is 0. The third-order valence-electron chi connectivity index (χ3n) is 3.62. The van der Waals surface area contributed by atoms with Crippen LogP contribution in [0, 0.1) is 18.8 Å². The van der Waals surface area contributed by atoms with Crippen LogP contribution in [-0.2, 0) is 9.47 Å². The fourth-order valence-corrected chi connectivity index (χ4v) is 1.44. The quantitative estimate of drug-likeness (QED) is 0.585. The van der Waals surface area contributed by atoms with Crippen LogP contribution in [0.15, 0.2) is 0 Å². The zero-order chi connectivity index (χ0) is 12.7. The molecule has 1 radical (unpaired) electrons. The average molecular weight is 229 g/mol. The smallest absolute Gasteiger partial charge is 0.158 e. The summed E-state index contributed by atoms with van der Waals surface area (Å²) in [5.41, 5.74) is 0. The zero-order valence-corrected chi connectivity index (χ0v) is 11.8. The van der Waals surface area contributed by atoms with E-state index >= 15 is 0 Å². The van der Waals surface area contributed by atoms with Gasteiger partial charge < -0.3 is 9.47 Å². The maximum Gasteiger partial charge on any atom is 0.158 e. The first-order chi connectivity index (χ1) is 7.42. The minimum absolute atomic E-state index is 0.205. The van der Waals surface area contributed by atoms with Crippen molar-refractivity contribution in [2.75, 3.05) is 0 Å². The van der Waals surface area contributed by atoms with Gasteiger partial charge in [0.1, 0.15) is 0 Å². The number of rotatable bonds is 8. The zero-order valence-electron chi connectivity index (χ0n) is 11.8. The van der Waals surface area contributed by atoms with Gasteiger partial charge in [0.25, 0.3) is 0 Å². The lowest BCUT2D eigenvalue weighted by molar-refractivity contribution is -0.180. The molecule has 0 aliphatic carbocycles. The molecule has 4 unspecified atom stereocenters. The Morgan fingerprint density at radius 3 is 1.38 bits per heavy atom. The summed E-state index contributed by atoms with van der Waals surface area (Å²) in [6.07, 6.45) is 2.30. The van der Waals surface area contributed by atoms with Crippen LogP contribution in [0.1, 0.15) is 54.4 Å². The lowest BCUT2D eigenvalue weighted by Crippen LogP contribution is -2.30. The van der Waals surface area contributed by atoms with Crippen molar-refractivity contribution in [3.8, 4) is 0 Å². The molecule has 0 rings (SSSR count). The second kappa shape index (κ2) is 8.08. The molecule has 2 nitrogen and oxygen atoms in total. The number of hydrogen-bond acceptors (Lipinski definition) is 2. The van der Waals surface area contributed by atoms with E-state index in [2.05, 4.69) is 48.5 Å². The summed E-state index contributed by atoms with van der Waals surface area (Å²) in [4.78, 5) is 0. The van der Waals surface area contributed by atoms with E-state index in [0.29, 0.717) is 11.8 Å². The van der Waals surface area contributed by atoms with Crippen molar-refractivity contribution in [3.05, 3.63) is 6.92 Å². The van der Waals surface area contributed by atoms with Crippen molar-refractivity contribution in [2.24, 2.45) is 11.8 Å². The molecule has 0 aromatic carbocycles. The molecule has 0 aliphatic heterocycles. The molecule has 0 aromatic heterocycles. The summed E-state index contributed by atoms with van der Waals surface area (Å²) in [5.74, 6) is 1.10. The van der Waals surface area contributed by atoms with E-state index in [1.807, 2.05) is 0 Å². The molecule has 2 heteroatoms. The molecule has 4 atom stereocenters. The molecule has 0 saturated heterocycles. The standard InChI is InChI=1S/C14H29O2/c1-8-10(3)12(5)15-14(7)16-13(6)11(4)9-2/h10-14H,7-9H2,1-6H3. The van der Waals surface area contributed by atoms with Crippen molar-refractivity contribution in [3.63, 3.8) is 0 Å². The van der Waals surface area contributed by atoms with Crippen molar-refractivity contribution >= 4 is 0 Å². The molecular weight excluding hydrogens is 200 g/mol. The normalized spacial score (nSPS) is 21.2. The van der Waals surface area contributed by atoms with Crippen LogP contribution < -0.4 is 0 Å². The summed E-state index contributed by atoms with van der Waals surface area (Å²) in [6.45, 7) is 16.8. The van der Waals surface area contributed by atoms with E-state index in [4.69, 9.17) is 9.47 Å². The predicted molar refractivity (Wildman–Crippen MR) is 69.1 cm³/mol. The summed E-state index contributed by atoms with van der Waals surface area (Å²) in [7, 11) is 0. The van der Waals surface area contributed by atoms with Crippen LogP contribution in [0.2, 0.25) is 0 Å². The van der Waals surface area contributed by atoms with Gasteiger partial charge in [0, 0.05) is 6.92 Å². The Bertz CT molecular complexity index is 152. The molecule has 0 spiro atoms. The van der Waals surface area contributed by atoms with Gasteiger partial charge in [0.15, 0.2) is 6.29 Å². The molecule has 0 fully saturated rings. The highest BCUT2D eigenvalue weighted by Crippen LogP contribution is 2.17. The van der Waals surface area contributed by atoms with Gasteiger partial charge in [0.2, 0.25) is 0 Å². The Hall–Kier alpha value is -0.0800. The van der Waals surface area contributed by atoms with E-state index in [1.165, 1.54) is 0 Å².